The minimum absolute atomic E-state index is 0.0441. The SMILES string of the molecule is Cc1nc(CN(C)C(=O)c2ccc(C)c(N)c2)cs1. The third-order valence-corrected chi connectivity index (χ3v) is 3.76. The number of nitrogens with two attached hydrogens (primary N) is 1. The summed E-state index contributed by atoms with van der Waals surface area (Å²) in [6.07, 6.45) is 0. The summed E-state index contributed by atoms with van der Waals surface area (Å²) in [7, 11) is 1.77. The average molecular weight is 275 g/mol. The second-order valence-corrected chi connectivity index (χ2v) is 5.65. The van der Waals surface area contributed by atoms with E-state index in [4.69, 9.17) is 5.73 Å². The number of thiazole rings is 1. The van der Waals surface area contributed by atoms with Gasteiger partial charge in [0.15, 0.2) is 0 Å². The van der Waals surface area contributed by atoms with Crippen molar-refractivity contribution >= 4 is 22.9 Å². The van der Waals surface area contributed by atoms with Gasteiger partial charge in [0.1, 0.15) is 0 Å². The van der Waals surface area contributed by atoms with E-state index in [1.54, 1.807) is 35.4 Å². The number of carbonyl (C=O) groups excluding carboxylic acids is 1. The van der Waals surface area contributed by atoms with Crippen LogP contribution < -0.4 is 5.73 Å². The van der Waals surface area contributed by atoms with Crippen LogP contribution >= 0.6 is 11.3 Å². The van der Waals surface area contributed by atoms with Crippen LogP contribution in [-0.4, -0.2) is 22.8 Å². The van der Waals surface area contributed by atoms with Gasteiger partial charge in [-0.1, -0.05) is 6.07 Å². The summed E-state index contributed by atoms with van der Waals surface area (Å²) in [4.78, 5) is 18.3. The smallest absolute Gasteiger partial charge is 0.254 e. The Balaban J connectivity index is 2.12. The van der Waals surface area contributed by atoms with E-state index in [-0.39, 0.29) is 5.91 Å². The maximum atomic E-state index is 12.3. The Hall–Kier alpha value is -1.88. The van der Waals surface area contributed by atoms with Gasteiger partial charge in [0, 0.05) is 23.7 Å². The van der Waals surface area contributed by atoms with Crippen molar-refractivity contribution in [3.63, 3.8) is 0 Å². The van der Waals surface area contributed by atoms with Crippen LogP contribution in [0.15, 0.2) is 23.6 Å². The lowest BCUT2D eigenvalue weighted by atomic mass is 10.1. The van der Waals surface area contributed by atoms with Gasteiger partial charge in [0.2, 0.25) is 0 Å². The Morgan fingerprint density at radius 1 is 1.42 bits per heavy atom. The highest BCUT2D eigenvalue weighted by atomic mass is 32.1. The molecule has 0 saturated carbocycles. The van der Waals surface area contributed by atoms with Gasteiger partial charge in [-0.15, -0.1) is 11.3 Å². The van der Waals surface area contributed by atoms with Crippen molar-refractivity contribution in [2.75, 3.05) is 12.8 Å². The quantitative estimate of drug-likeness (QED) is 0.876. The molecule has 2 rings (SSSR count). The van der Waals surface area contributed by atoms with Crippen LogP contribution in [0.3, 0.4) is 0 Å². The number of hydrogen-bond acceptors (Lipinski definition) is 4. The number of carbonyl (C=O) groups is 1. The molecule has 0 fully saturated rings. The van der Waals surface area contributed by atoms with Gasteiger partial charge < -0.3 is 10.6 Å². The Kier molecular flexibility index (Phi) is 3.85. The lowest BCUT2D eigenvalue weighted by Crippen LogP contribution is -2.26. The molecule has 19 heavy (non-hydrogen) atoms. The fourth-order valence-corrected chi connectivity index (χ4v) is 2.39. The molecule has 1 heterocycles. The molecule has 0 spiro atoms. The highest BCUT2D eigenvalue weighted by molar-refractivity contribution is 7.09. The molecule has 0 radical (unpaired) electrons. The van der Waals surface area contributed by atoms with Gasteiger partial charge in [-0.3, -0.25) is 4.79 Å². The molecule has 1 amide bonds. The molecular weight excluding hydrogens is 258 g/mol. The van der Waals surface area contributed by atoms with Crippen LogP contribution in [0.25, 0.3) is 0 Å². The lowest BCUT2D eigenvalue weighted by molar-refractivity contribution is 0.0783. The molecular formula is C14H17N3OS. The molecule has 0 bridgehead atoms. The first-order valence-electron chi connectivity index (χ1n) is 6.00. The number of nitrogens with zero attached hydrogens (tertiary/aromatic N) is 2. The number of benzene rings is 1. The largest absolute Gasteiger partial charge is 0.398 e. The number of anilines is 1. The van der Waals surface area contributed by atoms with E-state index in [1.807, 2.05) is 25.3 Å². The van der Waals surface area contributed by atoms with Crippen molar-refractivity contribution in [3.05, 3.63) is 45.4 Å². The number of aromatic nitrogens is 1. The van der Waals surface area contributed by atoms with Crippen LogP contribution in [-0.2, 0) is 6.54 Å². The fourth-order valence-electron chi connectivity index (χ4n) is 1.79. The van der Waals surface area contributed by atoms with Crippen LogP contribution in [0.5, 0.6) is 0 Å². The molecule has 5 heteroatoms. The van der Waals surface area contributed by atoms with Crippen molar-refractivity contribution < 1.29 is 4.79 Å². The van der Waals surface area contributed by atoms with Gasteiger partial charge in [0.25, 0.3) is 5.91 Å². The van der Waals surface area contributed by atoms with Gasteiger partial charge in [-0.2, -0.15) is 0 Å². The Bertz CT molecular complexity index is 606. The minimum Gasteiger partial charge on any atom is -0.398 e. The normalized spacial score (nSPS) is 10.5. The molecule has 2 N–H and O–H groups in total. The minimum atomic E-state index is -0.0441. The molecule has 0 saturated heterocycles. The van der Waals surface area contributed by atoms with Crippen molar-refractivity contribution in [2.24, 2.45) is 0 Å². The molecule has 2 aromatic rings. The maximum absolute atomic E-state index is 12.3. The average Bonchev–Trinajstić information content (AvgIpc) is 2.77. The number of aryl methyl sites for hydroxylation is 2. The highest BCUT2D eigenvalue weighted by Gasteiger charge is 2.13. The first-order valence-corrected chi connectivity index (χ1v) is 6.88. The first kappa shape index (κ1) is 13.5. The molecule has 1 aromatic carbocycles. The van der Waals surface area contributed by atoms with Crippen LogP contribution in [0.1, 0.15) is 26.6 Å². The Morgan fingerprint density at radius 2 is 2.16 bits per heavy atom. The lowest BCUT2D eigenvalue weighted by Gasteiger charge is -2.16. The summed E-state index contributed by atoms with van der Waals surface area (Å²) in [5.41, 5.74) is 8.98. The zero-order valence-corrected chi connectivity index (χ0v) is 12.1. The molecule has 0 aliphatic rings. The van der Waals surface area contributed by atoms with Crippen molar-refractivity contribution in [3.8, 4) is 0 Å². The van der Waals surface area contributed by atoms with E-state index in [0.29, 0.717) is 17.8 Å². The van der Waals surface area contributed by atoms with Crippen molar-refractivity contribution in [2.45, 2.75) is 20.4 Å². The summed E-state index contributed by atoms with van der Waals surface area (Å²) < 4.78 is 0. The standard InChI is InChI=1S/C14H17N3OS/c1-9-4-5-11(6-13(9)15)14(18)17(3)7-12-8-19-10(2)16-12/h4-6,8H,7,15H2,1-3H3. The second kappa shape index (κ2) is 5.40. The third kappa shape index (κ3) is 3.12. The second-order valence-electron chi connectivity index (χ2n) is 4.59. The molecule has 0 aliphatic heterocycles. The number of hydrogen-bond donors (Lipinski definition) is 1. The summed E-state index contributed by atoms with van der Waals surface area (Å²) in [6.45, 7) is 4.39. The van der Waals surface area contributed by atoms with Gasteiger partial charge >= 0.3 is 0 Å². The molecule has 0 aliphatic carbocycles. The van der Waals surface area contributed by atoms with Crippen LogP contribution in [0.2, 0.25) is 0 Å². The maximum Gasteiger partial charge on any atom is 0.254 e. The predicted octanol–water partition coefficient (Wildman–Crippen LogP) is 2.61. The summed E-state index contributed by atoms with van der Waals surface area (Å²) in [5, 5.41) is 2.98. The zero-order chi connectivity index (χ0) is 14.0. The molecule has 1 aromatic heterocycles. The third-order valence-electron chi connectivity index (χ3n) is 2.94. The molecule has 0 unspecified atom stereocenters. The van der Waals surface area contributed by atoms with Gasteiger partial charge in [-0.05, 0) is 31.5 Å². The summed E-state index contributed by atoms with van der Waals surface area (Å²) in [6, 6.07) is 5.39. The fraction of sp³-hybridized carbons (Fsp3) is 0.286. The van der Waals surface area contributed by atoms with Crippen molar-refractivity contribution in [1.29, 1.82) is 0 Å². The van der Waals surface area contributed by atoms with E-state index < -0.39 is 0 Å². The van der Waals surface area contributed by atoms with E-state index >= 15 is 0 Å². The molecule has 100 valence electrons. The Labute approximate surface area is 116 Å². The van der Waals surface area contributed by atoms with E-state index in [1.165, 1.54) is 0 Å². The van der Waals surface area contributed by atoms with Crippen molar-refractivity contribution in [1.82, 2.24) is 9.88 Å². The van der Waals surface area contributed by atoms with Gasteiger partial charge in [0.05, 0.1) is 17.2 Å². The predicted molar refractivity (Wildman–Crippen MR) is 78.2 cm³/mol. The van der Waals surface area contributed by atoms with E-state index in [2.05, 4.69) is 4.98 Å². The summed E-state index contributed by atoms with van der Waals surface area (Å²) >= 11 is 1.59. The van der Waals surface area contributed by atoms with E-state index in [0.717, 1.165) is 16.3 Å². The monoisotopic (exact) mass is 275 g/mol. The van der Waals surface area contributed by atoms with Crippen LogP contribution in [0.4, 0.5) is 5.69 Å². The molecule has 4 nitrogen and oxygen atoms in total. The van der Waals surface area contributed by atoms with Crippen LogP contribution in [0, 0.1) is 13.8 Å². The number of rotatable bonds is 3. The van der Waals surface area contributed by atoms with E-state index in [9.17, 15) is 4.79 Å². The zero-order valence-electron chi connectivity index (χ0n) is 11.3. The topological polar surface area (TPSA) is 59.2 Å². The number of amides is 1. The number of nitrogen functional groups attached to an aromatic ring is 1. The molecule has 0 atom stereocenters. The Morgan fingerprint density at radius 3 is 2.74 bits per heavy atom. The van der Waals surface area contributed by atoms with Gasteiger partial charge in [-0.25, -0.2) is 4.98 Å². The first-order chi connectivity index (χ1) is 8.97. The summed E-state index contributed by atoms with van der Waals surface area (Å²) in [5.74, 6) is -0.0441. The highest BCUT2D eigenvalue weighted by Crippen LogP contribution is 2.16.